The Bertz CT molecular complexity index is 1400. The quantitative estimate of drug-likeness (QED) is 0.388. The third-order valence-corrected chi connectivity index (χ3v) is 6.00. The van der Waals surface area contributed by atoms with Gasteiger partial charge in [0.05, 0.1) is 24.9 Å². The van der Waals surface area contributed by atoms with E-state index in [1.165, 1.54) is 11.3 Å². The number of H-pyrrole nitrogens is 1. The average molecular weight is 444 g/mol. The maximum atomic E-state index is 12.8. The maximum Gasteiger partial charge on any atom is 0.230 e. The normalized spacial score (nSPS) is 11.1. The van der Waals surface area contributed by atoms with Gasteiger partial charge in [-0.25, -0.2) is 4.98 Å². The van der Waals surface area contributed by atoms with Gasteiger partial charge in [-0.1, -0.05) is 18.2 Å². The number of amides is 1. The number of anilines is 1. The van der Waals surface area contributed by atoms with Gasteiger partial charge in [0.1, 0.15) is 11.6 Å². The molecule has 0 aliphatic carbocycles. The third kappa shape index (κ3) is 3.88. The van der Waals surface area contributed by atoms with Gasteiger partial charge >= 0.3 is 0 Å². The number of carbonyl (C=O) groups is 1. The van der Waals surface area contributed by atoms with Crippen molar-refractivity contribution >= 4 is 34.0 Å². The molecule has 0 fully saturated rings. The van der Waals surface area contributed by atoms with Crippen LogP contribution in [0.15, 0.2) is 66.2 Å². The van der Waals surface area contributed by atoms with Gasteiger partial charge in [-0.05, 0) is 42.8 Å². The van der Waals surface area contributed by atoms with Crippen LogP contribution in [0.25, 0.3) is 27.3 Å². The minimum atomic E-state index is -0.108. The zero-order valence-corrected chi connectivity index (χ0v) is 18.4. The van der Waals surface area contributed by atoms with E-state index in [2.05, 4.69) is 15.4 Å². The Morgan fingerprint density at radius 2 is 2.00 bits per heavy atom. The van der Waals surface area contributed by atoms with Crippen molar-refractivity contribution in [1.82, 2.24) is 19.7 Å². The average Bonchev–Trinajstić information content (AvgIpc) is 3.53. The second-order valence-corrected chi connectivity index (χ2v) is 8.25. The molecule has 3 heterocycles. The fourth-order valence-electron chi connectivity index (χ4n) is 3.63. The highest BCUT2D eigenvalue weighted by atomic mass is 32.1. The molecule has 2 N–H and O–H groups in total. The molecule has 0 bridgehead atoms. The summed E-state index contributed by atoms with van der Waals surface area (Å²) in [5.41, 5.74) is 4.61. The molecule has 0 aliphatic rings. The molecular formula is C24H21N5O2S. The summed E-state index contributed by atoms with van der Waals surface area (Å²) in [6.45, 7) is 1.89. The number of rotatable bonds is 6. The minimum absolute atomic E-state index is 0.108. The maximum absolute atomic E-state index is 12.8. The molecule has 2 aromatic carbocycles. The van der Waals surface area contributed by atoms with Crippen molar-refractivity contribution in [3.05, 3.63) is 77.4 Å². The van der Waals surface area contributed by atoms with E-state index in [1.54, 1.807) is 11.8 Å². The van der Waals surface area contributed by atoms with E-state index in [0.717, 1.165) is 39.2 Å². The number of nitrogens with zero attached hydrogens (tertiary/aromatic N) is 3. The first kappa shape index (κ1) is 20.0. The summed E-state index contributed by atoms with van der Waals surface area (Å²) in [6.07, 6.45) is 2.15. The molecule has 1 amide bonds. The molecule has 0 aliphatic heterocycles. The van der Waals surface area contributed by atoms with Crippen molar-refractivity contribution in [3.8, 4) is 22.1 Å². The van der Waals surface area contributed by atoms with Crippen molar-refractivity contribution in [3.63, 3.8) is 0 Å². The molecule has 0 radical (unpaired) electrons. The van der Waals surface area contributed by atoms with E-state index in [4.69, 9.17) is 9.72 Å². The number of methoxy groups -OCH3 is 1. The number of benzene rings is 2. The van der Waals surface area contributed by atoms with Crippen LogP contribution in [-0.2, 0) is 11.2 Å². The number of aromatic nitrogens is 4. The molecular weight excluding hydrogens is 422 g/mol. The lowest BCUT2D eigenvalue weighted by molar-refractivity contribution is -0.115. The highest BCUT2D eigenvalue weighted by Gasteiger charge is 2.16. The number of para-hydroxylation sites is 1. The minimum Gasteiger partial charge on any atom is -0.497 e. The first-order valence-electron chi connectivity index (χ1n) is 10.1. The number of fused-ring (bicyclic) bond motifs is 1. The number of ether oxygens (including phenoxy) is 1. The van der Waals surface area contributed by atoms with Crippen LogP contribution in [0.4, 0.5) is 5.82 Å². The molecule has 5 rings (SSSR count). The van der Waals surface area contributed by atoms with Gasteiger partial charge in [-0.15, -0.1) is 11.3 Å². The largest absolute Gasteiger partial charge is 0.497 e. The lowest BCUT2D eigenvalue weighted by Crippen LogP contribution is -2.17. The number of hydrogen-bond acceptors (Lipinski definition) is 5. The van der Waals surface area contributed by atoms with Crippen molar-refractivity contribution in [2.75, 3.05) is 12.4 Å². The monoisotopic (exact) mass is 443 g/mol. The Kier molecular flexibility index (Phi) is 5.20. The summed E-state index contributed by atoms with van der Waals surface area (Å²) in [4.78, 5) is 20.7. The predicted molar refractivity (Wildman–Crippen MR) is 127 cm³/mol. The van der Waals surface area contributed by atoms with Gasteiger partial charge in [0.2, 0.25) is 11.0 Å². The molecule has 0 spiro atoms. The highest BCUT2D eigenvalue weighted by Crippen LogP contribution is 2.28. The summed E-state index contributed by atoms with van der Waals surface area (Å²) in [6, 6.07) is 17.5. The number of aromatic amines is 1. The van der Waals surface area contributed by atoms with Crippen LogP contribution < -0.4 is 10.1 Å². The van der Waals surface area contributed by atoms with Gasteiger partial charge in [-0.3, -0.25) is 4.79 Å². The second kappa shape index (κ2) is 8.32. The van der Waals surface area contributed by atoms with Crippen molar-refractivity contribution in [1.29, 1.82) is 0 Å². The number of thiazole rings is 1. The molecule has 0 saturated heterocycles. The third-order valence-electron chi connectivity index (χ3n) is 5.18. The van der Waals surface area contributed by atoms with Crippen LogP contribution >= 0.6 is 11.3 Å². The number of carbonyl (C=O) groups excluding carboxylic acids is 1. The molecule has 5 aromatic rings. The van der Waals surface area contributed by atoms with Crippen LogP contribution in [-0.4, -0.2) is 32.8 Å². The molecule has 160 valence electrons. The SMILES string of the molecule is COc1ccc(-c2csc(-n3nc(C)cc3NC(=O)Cc3c[nH]c4ccccc34)n2)cc1. The first-order valence-corrected chi connectivity index (χ1v) is 11.0. The lowest BCUT2D eigenvalue weighted by Gasteiger charge is -2.06. The van der Waals surface area contributed by atoms with Gasteiger partial charge < -0.3 is 15.0 Å². The summed E-state index contributed by atoms with van der Waals surface area (Å²) >= 11 is 1.47. The molecule has 32 heavy (non-hydrogen) atoms. The molecule has 3 aromatic heterocycles. The van der Waals surface area contributed by atoms with E-state index in [0.29, 0.717) is 10.9 Å². The summed E-state index contributed by atoms with van der Waals surface area (Å²) in [5.74, 6) is 1.29. The smallest absolute Gasteiger partial charge is 0.230 e. The zero-order chi connectivity index (χ0) is 22.1. The molecule has 7 nitrogen and oxygen atoms in total. The highest BCUT2D eigenvalue weighted by molar-refractivity contribution is 7.12. The van der Waals surface area contributed by atoms with Crippen LogP contribution in [0.5, 0.6) is 5.75 Å². The van der Waals surface area contributed by atoms with E-state index in [1.807, 2.05) is 73.1 Å². The van der Waals surface area contributed by atoms with Crippen LogP contribution in [0.2, 0.25) is 0 Å². The second-order valence-electron chi connectivity index (χ2n) is 7.41. The molecule has 0 unspecified atom stereocenters. The van der Waals surface area contributed by atoms with Crippen LogP contribution in [0.1, 0.15) is 11.3 Å². The van der Waals surface area contributed by atoms with Gasteiger partial charge in [0.25, 0.3) is 0 Å². The van der Waals surface area contributed by atoms with E-state index >= 15 is 0 Å². The van der Waals surface area contributed by atoms with Gasteiger partial charge in [0, 0.05) is 34.1 Å². The Morgan fingerprint density at radius 1 is 1.19 bits per heavy atom. The Morgan fingerprint density at radius 3 is 2.81 bits per heavy atom. The molecule has 0 atom stereocenters. The number of hydrogen-bond donors (Lipinski definition) is 2. The van der Waals surface area contributed by atoms with Crippen LogP contribution in [0.3, 0.4) is 0 Å². The lowest BCUT2D eigenvalue weighted by atomic mass is 10.1. The molecule has 0 saturated carbocycles. The van der Waals surface area contributed by atoms with Crippen LogP contribution in [0, 0.1) is 6.92 Å². The fraction of sp³-hybridized carbons (Fsp3) is 0.125. The Hall–Kier alpha value is -3.91. The van der Waals surface area contributed by atoms with Crippen molar-refractivity contribution in [2.45, 2.75) is 13.3 Å². The topological polar surface area (TPSA) is 84.8 Å². The first-order chi connectivity index (χ1) is 15.6. The van der Waals surface area contributed by atoms with E-state index in [-0.39, 0.29) is 12.3 Å². The standard InChI is InChI=1S/C24H21N5O2S/c1-15-11-22(27-23(30)12-17-13-25-20-6-4-3-5-19(17)20)29(28-15)24-26-21(14-32-24)16-7-9-18(31-2)10-8-16/h3-11,13-14,25H,12H2,1-2H3,(H,27,30). The summed E-state index contributed by atoms with van der Waals surface area (Å²) in [7, 11) is 1.64. The predicted octanol–water partition coefficient (Wildman–Crippen LogP) is 4.98. The van der Waals surface area contributed by atoms with E-state index in [9.17, 15) is 4.79 Å². The number of nitrogens with one attached hydrogen (secondary N) is 2. The number of aryl methyl sites for hydroxylation is 1. The van der Waals surface area contributed by atoms with Gasteiger partial charge in [-0.2, -0.15) is 9.78 Å². The van der Waals surface area contributed by atoms with Crippen molar-refractivity contribution in [2.24, 2.45) is 0 Å². The summed E-state index contributed by atoms with van der Waals surface area (Å²) in [5, 5.41) is 11.3. The van der Waals surface area contributed by atoms with Crippen molar-refractivity contribution < 1.29 is 9.53 Å². The Labute approximate surface area is 188 Å². The zero-order valence-electron chi connectivity index (χ0n) is 17.6. The fourth-order valence-corrected chi connectivity index (χ4v) is 4.42. The molecule has 8 heteroatoms. The Balaban J connectivity index is 1.37. The van der Waals surface area contributed by atoms with Gasteiger partial charge in [0.15, 0.2) is 0 Å². The summed E-state index contributed by atoms with van der Waals surface area (Å²) < 4.78 is 6.90. The van der Waals surface area contributed by atoms with E-state index < -0.39 is 0 Å².